The Kier molecular flexibility index (Phi) is 9.60. The molecule has 0 spiro atoms. The van der Waals surface area contributed by atoms with E-state index in [0.29, 0.717) is 12.5 Å². The topological polar surface area (TPSA) is 67.8 Å². The molecule has 0 aliphatic carbocycles. The molecule has 2 heterocycles. The third-order valence-electron chi connectivity index (χ3n) is 5.09. The standard InChI is InChI=1S/C23H34N4O2S/c1-3-24-23(25-12-7-13-29-17-19-10-14-28-15-11-19)26-16-21-18(2)27-22(30-21)20-8-5-4-6-9-20/h4-6,8-9,19H,3,7,10-17H2,1-2H3,(H2,24,25,26). The molecule has 3 rings (SSSR count). The Morgan fingerprint density at radius 3 is 2.80 bits per heavy atom. The summed E-state index contributed by atoms with van der Waals surface area (Å²) in [5.41, 5.74) is 2.21. The highest BCUT2D eigenvalue weighted by atomic mass is 32.1. The van der Waals surface area contributed by atoms with Crippen LogP contribution in [0.4, 0.5) is 0 Å². The number of aryl methyl sites for hydroxylation is 1. The Hall–Kier alpha value is -1.96. The van der Waals surface area contributed by atoms with E-state index in [4.69, 9.17) is 19.5 Å². The first-order valence-corrected chi connectivity index (χ1v) is 11.8. The SMILES string of the molecule is CCNC(=NCc1sc(-c2ccccc2)nc1C)NCCCOCC1CCOCC1. The second kappa shape index (κ2) is 12.7. The lowest BCUT2D eigenvalue weighted by atomic mass is 10.0. The van der Waals surface area contributed by atoms with Crippen molar-refractivity contribution in [2.24, 2.45) is 10.9 Å². The number of hydrogen-bond donors (Lipinski definition) is 2. The van der Waals surface area contributed by atoms with E-state index in [9.17, 15) is 0 Å². The van der Waals surface area contributed by atoms with Crippen molar-refractivity contribution in [2.75, 3.05) is 39.5 Å². The highest BCUT2D eigenvalue weighted by molar-refractivity contribution is 7.15. The van der Waals surface area contributed by atoms with Gasteiger partial charge in [-0.1, -0.05) is 30.3 Å². The monoisotopic (exact) mass is 430 g/mol. The Morgan fingerprint density at radius 1 is 1.23 bits per heavy atom. The van der Waals surface area contributed by atoms with Crippen molar-refractivity contribution in [3.8, 4) is 10.6 Å². The number of hydrogen-bond acceptors (Lipinski definition) is 5. The molecule has 0 bridgehead atoms. The first-order chi connectivity index (χ1) is 14.8. The lowest BCUT2D eigenvalue weighted by molar-refractivity contribution is 0.0203. The Bertz CT molecular complexity index is 773. The van der Waals surface area contributed by atoms with Crippen LogP contribution >= 0.6 is 11.3 Å². The number of nitrogens with zero attached hydrogens (tertiary/aromatic N) is 2. The fourth-order valence-electron chi connectivity index (χ4n) is 3.32. The van der Waals surface area contributed by atoms with Gasteiger partial charge in [-0.3, -0.25) is 0 Å². The third-order valence-corrected chi connectivity index (χ3v) is 6.28. The summed E-state index contributed by atoms with van der Waals surface area (Å²) in [5, 5.41) is 7.79. The lowest BCUT2D eigenvalue weighted by Crippen LogP contribution is -2.38. The minimum absolute atomic E-state index is 0.631. The zero-order chi connectivity index (χ0) is 21.0. The van der Waals surface area contributed by atoms with Gasteiger partial charge in [0.15, 0.2) is 5.96 Å². The summed E-state index contributed by atoms with van der Waals surface area (Å²) >= 11 is 1.72. The molecule has 0 amide bonds. The van der Waals surface area contributed by atoms with Crippen LogP contribution in [0.1, 0.15) is 36.8 Å². The molecule has 1 aliphatic heterocycles. The second-order valence-corrected chi connectivity index (χ2v) is 8.58. The summed E-state index contributed by atoms with van der Waals surface area (Å²) in [6.07, 6.45) is 3.21. The summed E-state index contributed by atoms with van der Waals surface area (Å²) in [7, 11) is 0. The van der Waals surface area contributed by atoms with E-state index < -0.39 is 0 Å². The van der Waals surface area contributed by atoms with Crippen molar-refractivity contribution in [3.05, 3.63) is 40.9 Å². The third kappa shape index (κ3) is 7.38. The zero-order valence-electron chi connectivity index (χ0n) is 18.2. The van der Waals surface area contributed by atoms with Crippen LogP contribution in [0.5, 0.6) is 0 Å². The molecule has 1 aromatic heterocycles. The van der Waals surface area contributed by atoms with Crippen LogP contribution in [0.3, 0.4) is 0 Å². The number of nitrogens with one attached hydrogen (secondary N) is 2. The molecule has 0 atom stereocenters. The molecule has 2 N–H and O–H groups in total. The number of benzene rings is 1. The smallest absolute Gasteiger partial charge is 0.191 e. The van der Waals surface area contributed by atoms with Gasteiger partial charge < -0.3 is 20.1 Å². The fraction of sp³-hybridized carbons (Fsp3) is 0.565. The van der Waals surface area contributed by atoms with E-state index in [1.807, 2.05) is 18.2 Å². The molecule has 1 aliphatic rings. The van der Waals surface area contributed by atoms with Crippen molar-refractivity contribution in [2.45, 2.75) is 39.7 Å². The molecule has 1 fully saturated rings. The van der Waals surface area contributed by atoms with E-state index in [2.05, 4.69) is 36.6 Å². The van der Waals surface area contributed by atoms with Gasteiger partial charge in [0.05, 0.1) is 12.2 Å². The van der Waals surface area contributed by atoms with Gasteiger partial charge in [-0.05, 0) is 39.0 Å². The largest absolute Gasteiger partial charge is 0.381 e. The molecule has 2 aromatic rings. The maximum atomic E-state index is 5.84. The number of ether oxygens (including phenoxy) is 2. The number of aliphatic imine (C=N–C) groups is 1. The zero-order valence-corrected chi connectivity index (χ0v) is 19.0. The second-order valence-electron chi connectivity index (χ2n) is 7.50. The average molecular weight is 431 g/mol. The summed E-state index contributed by atoms with van der Waals surface area (Å²) in [6, 6.07) is 10.3. The van der Waals surface area contributed by atoms with Gasteiger partial charge in [0, 0.05) is 50.0 Å². The molecule has 0 unspecified atom stereocenters. The molecular formula is C23H34N4O2S. The summed E-state index contributed by atoms with van der Waals surface area (Å²) in [4.78, 5) is 10.7. The molecule has 0 radical (unpaired) electrons. The number of thiazole rings is 1. The normalized spacial score (nSPS) is 15.3. The van der Waals surface area contributed by atoms with Crippen LogP contribution < -0.4 is 10.6 Å². The molecule has 30 heavy (non-hydrogen) atoms. The average Bonchev–Trinajstić information content (AvgIpc) is 3.16. The fourth-order valence-corrected chi connectivity index (χ4v) is 4.31. The minimum Gasteiger partial charge on any atom is -0.381 e. The Morgan fingerprint density at radius 2 is 2.03 bits per heavy atom. The van der Waals surface area contributed by atoms with Crippen LogP contribution in [0.25, 0.3) is 10.6 Å². The first-order valence-electron chi connectivity index (χ1n) is 11.0. The summed E-state index contributed by atoms with van der Waals surface area (Å²) in [5.74, 6) is 1.50. The van der Waals surface area contributed by atoms with Gasteiger partial charge in [-0.25, -0.2) is 9.98 Å². The minimum atomic E-state index is 0.631. The van der Waals surface area contributed by atoms with Gasteiger partial charge in [-0.15, -0.1) is 11.3 Å². The maximum absolute atomic E-state index is 5.84. The molecule has 0 saturated carbocycles. The van der Waals surface area contributed by atoms with Crippen molar-refractivity contribution < 1.29 is 9.47 Å². The predicted octanol–water partition coefficient (Wildman–Crippen LogP) is 4.01. The summed E-state index contributed by atoms with van der Waals surface area (Å²) < 4.78 is 11.2. The predicted molar refractivity (Wildman–Crippen MR) is 124 cm³/mol. The van der Waals surface area contributed by atoms with Crippen molar-refractivity contribution in [1.29, 1.82) is 0 Å². The van der Waals surface area contributed by atoms with Crippen molar-refractivity contribution >= 4 is 17.3 Å². The molecule has 7 heteroatoms. The Balaban J connectivity index is 1.42. The van der Waals surface area contributed by atoms with E-state index >= 15 is 0 Å². The van der Waals surface area contributed by atoms with Crippen LogP contribution in [0, 0.1) is 12.8 Å². The van der Waals surface area contributed by atoms with E-state index in [1.165, 1.54) is 4.88 Å². The van der Waals surface area contributed by atoms with E-state index in [1.54, 1.807) is 11.3 Å². The number of guanidine groups is 1. The van der Waals surface area contributed by atoms with Gasteiger partial charge in [0.1, 0.15) is 5.01 Å². The van der Waals surface area contributed by atoms with E-state index in [-0.39, 0.29) is 0 Å². The molecule has 164 valence electrons. The molecule has 6 nitrogen and oxygen atoms in total. The van der Waals surface area contributed by atoms with E-state index in [0.717, 1.165) is 81.0 Å². The number of rotatable bonds is 10. The molecule has 1 aromatic carbocycles. The maximum Gasteiger partial charge on any atom is 0.191 e. The highest BCUT2D eigenvalue weighted by Crippen LogP contribution is 2.28. The van der Waals surface area contributed by atoms with Crippen molar-refractivity contribution in [1.82, 2.24) is 15.6 Å². The van der Waals surface area contributed by atoms with Crippen molar-refractivity contribution in [3.63, 3.8) is 0 Å². The first kappa shape index (κ1) is 22.7. The lowest BCUT2D eigenvalue weighted by Gasteiger charge is -2.21. The summed E-state index contributed by atoms with van der Waals surface area (Å²) in [6.45, 7) is 9.84. The Labute approximate surface area is 184 Å². The quantitative estimate of drug-likeness (QED) is 0.339. The van der Waals surface area contributed by atoms with Gasteiger partial charge in [-0.2, -0.15) is 0 Å². The van der Waals surface area contributed by atoms with Crippen LogP contribution in [-0.4, -0.2) is 50.5 Å². The molecule has 1 saturated heterocycles. The highest BCUT2D eigenvalue weighted by Gasteiger charge is 2.13. The van der Waals surface area contributed by atoms with Gasteiger partial charge in [0.2, 0.25) is 0 Å². The molecular weight excluding hydrogens is 396 g/mol. The van der Waals surface area contributed by atoms with Crippen LogP contribution in [0.15, 0.2) is 35.3 Å². The van der Waals surface area contributed by atoms with Gasteiger partial charge in [0.25, 0.3) is 0 Å². The van der Waals surface area contributed by atoms with Gasteiger partial charge >= 0.3 is 0 Å². The van der Waals surface area contributed by atoms with Crippen LogP contribution in [0.2, 0.25) is 0 Å². The number of aromatic nitrogens is 1. The van der Waals surface area contributed by atoms with Crippen LogP contribution in [-0.2, 0) is 16.0 Å².